The summed E-state index contributed by atoms with van der Waals surface area (Å²) in [5.74, 6) is 0.329. The Morgan fingerprint density at radius 1 is 0.907 bits per heavy atom. The minimum absolute atomic E-state index is 0.0867. The molecule has 0 heterocycles. The van der Waals surface area contributed by atoms with Gasteiger partial charge in [-0.25, -0.2) is 8.42 Å². The minimum Gasteiger partial charge on any atom is -0.494 e. The molecule has 0 radical (unpaired) electrons. The maximum absolute atomic E-state index is 14.1. The molecule has 11 heteroatoms. The number of hydrogen-bond acceptors (Lipinski definition) is 7. The number of nitrogens with one attached hydrogen (secondary N) is 1. The first-order valence-electron chi connectivity index (χ1n) is 14.2. The Bertz CT molecular complexity index is 1450. The molecule has 0 saturated heterocycles. The van der Waals surface area contributed by atoms with Crippen molar-refractivity contribution in [3.8, 4) is 17.2 Å². The van der Waals surface area contributed by atoms with Gasteiger partial charge in [0.25, 0.3) is 10.0 Å². The summed E-state index contributed by atoms with van der Waals surface area (Å²) in [7, 11) is -1.41. The molecule has 2 amide bonds. The first kappa shape index (κ1) is 33.3. The molecule has 3 aromatic rings. The van der Waals surface area contributed by atoms with Crippen LogP contribution in [0.4, 0.5) is 5.69 Å². The smallest absolute Gasteiger partial charge is 0.264 e. The quantitative estimate of drug-likeness (QED) is 0.257. The maximum atomic E-state index is 14.1. The van der Waals surface area contributed by atoms with Crippen LogP contribution in [0.3, 0.4) is 0 Å². The molecule has 0 fully saturated rings. The van der Waals surface area contributed by atoms with E-state index in [1.807, 2.05) is 44.2 Å². The lowest BCUT2D eigenvalue weighted by molar-refractivity contribution is -0.138. The van der Waals surface area contributed by atoms with Crippen molar-refractivity contribution in [2.45, 2.75) is 44.6 Å². The zero-order valence-corrected chi connectivity index (χ0v) is 26.2. The Balaban J connectivity index is 2.02. The molecule has 0 aromatic heterocycles. The van der Waals surface area contributed by atoms with Crippen LogP contribution in [-0.2, 0) is 26.0 Å². The van der Waals surface area contributed by atoms with Crippen LogP contribution in [0.2, 0.25) is 0 Å². The van der Waals surface area contributed by atoms with Gasteiger partial charge in [-0.2, -0.15) is 0 Å². The lowest BCUT2D eigenvalue weighted by Crippen LogP contribution is -2.52. The van der Waals surface area contributed by atoms with Gasteiger partial charge in [0, 0.05) is 19.2 Å². The molecule has 43 heavy (non-hydrogen) atoms. The van der Waals surface area contributed by atoms with E-state index in [4.69, 9.17) is 14.2 Å². The lowest BCUT2D eigenvalue weighted by atomic mass is 10.1. The van der Waals surface area contributed by atoms with Crippen LogP contribution in [0, 0.1) is 0 Å². The standard InChI is InChI=1S/C32H41N3O7S/c1-6-20-33-32(37)24(3)34(21-19-25-11-9-8-10-12-25)31(36)23-35(26-13-15-27(16-14-26)42-7-2)43(38,39)28-17-18-29(40-4)30(22-28)41-5/h8-18,22,24H,6-7,19-21,23H2,1-5H3,(H,33,37)/t24-/m1/s1. The first-order valence-corrected chi connectivity index (χ1v) is 15.7. The Labute approximate surface area is 254 Å². The van der Waals surface area contributed by atoms with E-state index in [0.717, 1.165) is 16.3 Å². The minimum atomic E-state index is -4.28. The number of hydrogen-bond donors (Lipinski definition) is 1. The predicted octanol–water partition coefficient (Wildman–Crippen LogP) is 4.28. The van der Waals surface area contributed by atoms with Crippen molar-refractivity contribution < 1.29 is 32.2 Å². The summed E-state index contributed by atoms with van der Waals surface area (Å²) in [6.45, 7) is 6.04. The van der Waals surface area contributed by atoms with Crippen LogP contribution in [0.1, 0.15) is 32.8 Å². The van der Waals surface area contributed by atoms with Gasteiger partial charge in [0.15, 0.2) is 11.5 Å². The highest BCUT2D eigenvalue weighted by molar-refractivity contribution is 7.92. The average molecular weight is 612 g/mol. The molecule has 3 aromatic carbocycles. The van der Waals surface area contributed by atoms with Crippen molar-refractivity contribution in [1.82, 2.24) is 10.2 Å². The SMILES string of the molecule is CCCNC(=O)[C@@H](C)N(CCc1ccccc1)C(=O)CN(c1ccc(OCC)cc1)S(=O)(=O)c1ccc(OC)c(OC)c1. The Kier molecular flexibility index (Phi) is 12.2. The van der Waals surface area contributed by atoms with Crippen molar-refractivity contribution in [3.63, 3.8) is 0 Å². The van der Waals surface area contributed by atoms with E-state index >= 15 is 0 Å². The number of ether oxygens (including phenoxy) is 3. The molecule has 232 valence electrons. The maximum Gasteiger partial charge on any atom is 0.264 e. The van der Waals surface area contributed by atoms with Crippen LogP contribution in [0.25, 0.3) is 0 Å². The van der Waals surface area contributed by atoms with Gasteiger partial charge in [-0.1, -0.05) is 37.3 Å². The average Bonchev–Trinajstić information content (AvgIpc) is 3.03. The second kappa shape index (κ2) is 15.8. The Hall–Kier alpha value is -4.25. The summed E-state index contributed by atoms with van der Waals surface area (Å²) in [4.78, 5) is 28.3. The molecule has 0 unspecified atom stereocenters. The van der Waals surface area contributed by atoms with Crippen LogP contribution < -0.4 is 23.8 Å². The summed E-state index contributed by atoms with van der Waals surface area (Å²) in [6.07, 6.45) is 1.23. The summed E-state index contributed by atoms with van der Waals surface area (Å²) in [5, 5.41) is 2.84. The number of nitrogens with zero attached hydrogens (tertiary/aromatic N) is 2. The van der Waals surface area contributed by atoms with Crippen molar-refractivity contribution in [1.29, 1.82) is 0 Å². The number of amides is 2. The van der Waals surface area contributed by atoms with E-state index in [1.165, 1.54) is 37.3 Å². The van der Waals surface area contributed by atoms with Crippen molar-refractivity contribution in [2.24, 2.45) is 0 Å². The normalized spacial score (nSPS) is 11.7. The highest BCUT2D eigenvalue weighted by atomic mass is 32.2. The van der Waals surface area contributed by atoms with Gasteiger partial charge >= 0.3 is 0 Å². The molecule has 0 saturated carbocycles. The van der Waals surface area contributed by atoms with Gasteiger partial charge in [0.2, 0.25) is 11.8 Å². The largest absolute Gasteiger partial charge is 0.494 e. The van der Waals surface area contributed by atoms with Crippen molar-refractivity contribution in [2.75, 3.05) is 44.8 Å². The van der Waals surface area contributed by atoms with Gasteiger partial charge in [0.1, 0.15) is 18.3 Å². The molecular formula is C32H41N3O7S. The second-order valence-electron chi connectivity index (χ2n) is 9.75. The Morgan fingerprint density at radius 3 is 2.19 bits per heavy atom. The number of sulfonamides is 1. The van der Waals surface area contributed by atoms with E-state index in [-0.39, 0.29) is 28.8 Å². The van der Waals surface area contributed by atoms with Crippen LogP contribution >= 0.6 is 0 Å². The van der Waals surface area contributed by atoms with E-state index in [1.54, 1.807) is 31.2 Å². The highest BCUT2D eigenvalue weighted by Crippen LogP contribution is 2.33. The molecule has 0 spiro atoms. The van der Waals surface area contributed by atoms with E-state index < -0.39 is 28.5 Å². The zero-order valence-electron chi connectivity index (χ0n) is 25.4. The number of methoxy groups -OCH3 is 2. The fourth-order valence-corrected chi connectivity index (χ4v) is 5.90. The number of carbonyl (C=O) groups excluding carboxylic acids is 2. The number of carbonyl (C=O) groups is 2. The zero-order chi connectivity index (χ0) is 31.4. The molecule has 1 atom stereocenters. The third-order valence-corrected chi connectivity index (χ3v) is 8.63. The first-order chi connectivity index (χ1) is 20.7. The highest BCUT2D eigenvalue weighted by Gasteiger charge is 2.33. The summed E-state index contributed by atoms with van der Waals surface area (Å²) < 4.78 is 45.5. The topological polar surface area (TPSA) is 114 Å². The Morgan fingerprint density at radius 2 is 1.58 bits per heavy atom. The van der Waals surface area contributed by atoms with Crippen molar-refractivity contribution in [3.05, 3.63) is 78.4 Å². The van der Waals surface area contributed by atoms with Crippen molar-refractivity contribution >= 4 is 27.5 Å². The lowest BCUT2D eigenvalue weighted by Gasteiger charge is -2.32. The predicted molar refractivity (Wildman–Crippen MR) is 166 cm³/mol. The molecule has 1 N–H and O–H groups in total. The fourth-order valence-electron chi connectivity index (χ4n) is 4.47. The molecule has 0 aliphatic rings. The van der Waals surface area contributed by atoms with Crippen LogP contribution in [0.5, 0.6) is 17.2 Å². The summed E-state index contributed by atoms with van der Waals surface area (Å²) in [6, 6.07) is 19.5. The van der Waals surface area contributed by atoms with Crippen LogP contribution in [0.15, 0.2) is 77.7 Å². The molecule has 10 nitrogen and oxygen atoms in total. The van der Waals surface area contributed by atoms with E-state index in [2.05, 4.69) is 5.32 Å². The van der Waals surface area contributed by atoms with Gasteiger partial charge in [-0.15, -0.1) is 0 Å². The van der Waals surface area contributed by atoms with Gasteiger partial charge in [-0.3, -0.25) is 13.9 Å². The fraction of sp³-hybridized carbons (Fsp3) is 0.375. The molecule has 3 rings (SSSR count). The summed E-state index contributed by atoms with van der Waals surface area (Å²) in [5.41, 5.74) is 1.25. The number of rotatable bonds is 16. The van der Waals surface area contributed by atoms with E-state index in [9.17, 15) is 18.0 Å². The van der Waals surface area contributed by atoms with Gasteiger partial charge in [-0.05, 0) is 68.7 Å². The number of benzene rings is 3. The van der Waals surface area contributed by atoms with Gasteiger partial charge < -0.3 is 24.4 Å². The van der Waals surface area contributed by atoms with Crippen LogP contribution in [-0.4, -0.2) is 71.6 Å². The monoisotopic (exact) mass is 611 g/mol. The second-order valence-corrected chi connectivity index (χ2v) is 11.6. The third-order valence-electron chi connectivity index (χ3n) is 6.86. The van der Waals surface area contributed by atoms with Gasteiger partial charge in [0.05, 0.1) is 31.4 Å². The summed E-state index contributed by atoms with van der Waals surface area (Å²) >= 11 is 0. The molecular weight excluding hydrogens is 570 g/mol. The van der Waals surface area contributed by atoms with E-state index in [0.29, 0.717) is 31.1 Å². The molecule has 0 bridgehead atoms. The molecule has 0 aliphatic heterocycles. The number of anilines is 1. The third kappa shape index (κ3) is 8.63. The molecule has 0 aliphatic carbocycles.